The number of nitrogens with one attached hydrogen (secondary N) is 1. The number of pyridine rings is 1. The van der Waals surface area contributed by atoms with Gasteiger partial charge < -0.3 is 10.2 Å². The average molecular weight is 424 g/mol. The van der Waals surface area contributed by atoms with Crippen LogP contribution in [0.1, 0.15) is 68.1 Å². The number of fused-ring (bicyclic) bond motifs is 1. The molecule has 1 aliphatic rings. The van der Waals surface area contributed by atoms with E-state index in [2.05, 4.69) is 59.2 Å². The van der Waals surface area contributed by atoms with Gasteiger partial charge in [0, 0.05) is 49.5 Å². The molecule has 4 heterocycles. The maximum Gasteiger partial charge on any atom is 0.272 e. The Labute approximate surface area is 183 Å². The molecule has 0 unspecified atom stereocenters. The molecule has 3 aromatic rings. The molecule has 1 saturated heterocycles. The number of rotatable bonds is 5. The van der Waals surface area contributed by atoms with Crippen LogP contribution in [0.15, 0.2) is 18.6 Å². The Bertz CT molecular complexity index is 1090. The van der Waals surface area contributed by atoms with E-state index in [-0.39, 0.29) is 17.9 Å². The van der Waals surface area contributed by atoms with E-state index in [0.717, 1.165) is 54.0 Å². The van der Waals surface area contributed by atoms with Crippen molar-refractivity contribution in [1.29, 1.82) is 0 Å². The number of hydrogen-bond acceptors (Lipinski definition) is 5. The zero-order valence-electron chi connectivity index (χ0n) is 19.4. The molecule has 1 aliphatic heterocycles. The zero-order valence-corrected chi connectivity index (χ0v) is 19.4. The lowest BCUT2D eigenvalue weighted by molar-refractivity contribution is 0.0893. The number of amides is 1. The monoisotopic (exact) mass is 423 g/mol. The van der Waals surface area contributed by atoms with Crippen LogP contribution in [0.25, 0.3) is 16.9 Å². The first-order valence-electron chi connectivity index (χ1n) is 11.2. The molecule has 1 amide bonds. The summed E-state index contributed by atoms with van der Waals surface area (Å²) in [6.07, 6.45) is 5.47. The molecule has 0 saturated carbocycles. The molecule has 8 heteroatoms. The van der Waals surface area contributed by atoms with Gasteiger partial charge in [-0.3, -0.25) is 9.48 Å². The molecule has 0 spiro atoms. The van der Waals surface area contributed by atoms with Gasteiger partial charge in [0.05, 0.1) is 5.69 Å². The van der Waals surface area contributed by atoms with E-state index in [0.29, 0.717) is 11.7 Å². The number of aryl methyl sites for hydroxylation is 2. The van der Waals surface area contributed by atoms with Gasteiger partial charge in [0.25, 0.3) is 5.91 Å². The van der Waals surface area contributed by atoms with Crippen LogP contribution >= 0.6 is 0 Å². The largest absolute Gasteiger partial charge is 0.348 e. The van der Waals surface area contributed by atoms with Crippen LogP contribution in [0.5, 0.6) is 0 Å². The lowest BCUT2D eigenvalue weighted by Gasteiger charge is -2.34. The first-order valence-corrected chi connectivity index (χ1v) is 11.2. The first-order chi connectivity index (χ1) is 14.8. The summed E-state index contributed by atoms with van der Waals surface area (Å²) in [6.45, 7) is 12.7. The highest BCUT2D eigenvalue weighted by atomic mass is 16.2. The molecule has 166 valence electrons. The second-order valence-electron chi connectivity index (χ2n) is 9.21. The van der Waals surface area contributed by atoms with E-state index >= 15 is 0 Å². The summed E-state index contributed by atoms with van der Waals surface area (Å²) < 4.78 is 3.60. The van der Waals surface area contributed by atoms with Crippen LogP contribution in [-0.4, -0.2) is 60.4 Å². The molecular weight excluding hydrogens is 390 g/mol. The number of carbonyl (C=O) groups excluding carboxylic acids is 1. The van der Waals surface area contributed by atoms with Crippen LogP contribution in [-0.2, 0) is 7.05 Å². The van der Waals surface area contributed by atoms with E-state index in [4.69, 9.17) is 0 Å². The Morgan fingerprint density at radius 3 is 2.55 bits per heavy atom. The van der Waals surface area contributed by atoms with E-state index in [1.54, 1.807) is 10.8 Å². The van der Waals surface area contributed by atoms with Gasteiger partial charge in [-0.2, -0.15) is 10.2 Å². The van der Waals surface area contributed by atoms with Crippen molar-refractivity contribution in [3.63, 3.8) is 0 Å². The molecule has 8 nitrogen and oxygen atoms in total. The number of aromatic nitrogens is 5. The SMILES string of the molecule is Cc1cc(-c2c(C(C)C)c(C(=O)NC3CCN(C(C)C)CC3)nn2C)cn2ncnc12. The van der Waals surface area contributed by atoms with E-state index < -0.39 is 0 Å². The van der Waals surface area contributed by atoms with Crippen molar-refractivity contribution in [3.05, 3.63) is 35.4 Å². The summed E-state index contributed by atoms with van der Waals surface area (Å²) >= 11 is 0. The predicted molar refractivity (Wildman–Crippen MR) is 121 cm³/mol. The van der Waals surface area contributed by atoms with Crippen molar-refractivity contribution < 1.29 is 4.79 Å². The number of piperidine rings is 1. The fourth-order valence-corrected chi connectivity index (χ4v) is 4.63. The number of likely N-dealkylation sites (tertiary alicyclic amines) is 1. The molecule has 4 rings (SSSR count). The van der Waals surface area contributed by atoms with Crippen LogP contribution in [0.3, 0.4) is 0 Å². The summed E-state index contributed by atoms with van der Waals surface area (Å²) in [6, 6.07) is 2.84. The molecule has 0 atom stereocenters. The third kappa shape index (κ3) is 4.08. The fourth-order valence-electron chi connectivity index (χ4n) is 4.63. The van der Waals surface area contributed by atoms with E-state index in [1.807, 2.05) is 24.9 Å². The standard InChI is InChI=1S/C23H33N7O/c1-14(2)19-20(23(31)26-18-7-9-29(10-8-18)15(3)4)27-28(6)21(19)17-11-16(5)22-24-13-25-30(22)12-17/h11-15,18H,7-10H2,1-6H3,(H,26,31). The highest BCUT2D eigenvalue weighted by Gasteiger charge is 2.28. The normalized spacial score (nSPS) is 16.0. The molecule has 0 bridgehead atoms. The summed E-state index contributed by atoms with van der Waals surface area (Å²) in [4.78, 5) is 20.0. The van der Waals surface area contributed by atoms with Crippen molar-refractivity contribution in [2.45, 2.75) is 65.5 Å². The van der Waals surface area contributed by atoms with Crippen molar-refractivity contribution in [2.75, 3.05) is 13.1 Å². The Hall–Kier alpha value is -2.74. The highest BCUT2D eigenvalue weighted by Crippen LogP contribution is 2.33. The third-order valence-electron chi connectivity index (χ3n) is 6.30. The van der Waals surface area contributed by atoms with Gasteiger partial charge in [-0.1, -0.05) is 13.8 Å². The van der Waals surface area contributed by atoms with Crippen LogP contribution in [0.2, 0.25) is 0 Å². The van der Waals surface area contributed by atoms with Gasteiger partial charge in [-0.25, -0.2) is 9.50 Å². The number of carbonyl (C=O) groups is 1. The fraction of sp³-hybridized carbons (Fsp3) is 0.565. The summed E-state index contributed by atoms with van der Waals surface area (Å²) in [5.74, 6) is 0.0751. The third-order valence-corrected chi connectivity index (χ3v) is 6.30. The van der Waals surface area contributed by atoms with Crippen LogP contribution in [0, 0.1) is 6.92 Å². The Balaban J connectivity index is 1.64. The van der Waals surface area contributed by atoms with Crippen molar-refractivity contribution in [3.8, 4) is 11.3 Å². The second-order valence-corrected chi connectivity index (χ2v) is 9.21. The first kappa shape index (κ1) is 21.5. The Morgan fingerprint density at radius 1 is 1.19 bits per heavy atom. The van der Waals surface area contributed by atoms with E-state index in [9.17, 15) is 4.79 Å². The molecule has 1 N–H and O–H groups in total. The average Bonchev–Trinajstić information content (AvgIpc) is 3.32. The summed E-state index contributed by atoms with van der Waals surface area (Å²) in [5.41, 5.74) is 5.30. The second kappa shape index (κ2) is 8.42. The maximum atomic E-state index is 13.3. The molecule has 0 aromatic carbocycles. The van der Waals surface area contributed by atoms with Gasteiger partial charge in [0.2, 0.25) is 0 Å². The Kier molecular flexibility index (Phi) is 5.83. The minimum absolute atomic E-state index is 0.0768. The molecule has 1 fully saturated rings. The van der Waals surface area contributed by atoms with Gasteiger partial charge in [0.15, 0.2) is 11.3 Å². The summed E-state index contributed by atoms with van der Waals surface area (Å²) in [7, 11) is 1.90. The topological polar surface area (TPSA) is 80.4 Å². The molecule has 0 aliphatic carbocycles. The lowest BCUT2D eigenvalue weighted by Crippen LogP contribution is -2.46. The van der Waals surface area contributed by atoms with Gasteiger partial charge >= 0.3 is 0 Å². The van der Waals surface area contributed by atoms with E-state index in [1.165, 1.54) is 0 Å². The van der Waals surface area contributed by atoms with Gasteiger partial charge in [0.1, 0.15) is 6.33 Å². The smallest absolute Gasteiger partial charge is 0.272 e. The minimum Gasteiger partial charge on any atom is -0.348 e. The van der Waals surface area contributed by atoms with Crippen LogP contribution < -0.4 is 5.32 Å². The molecule has 0 radical (unpaired) electrons. The quantitative estimate of drug-likeness (QED) is 0.682. The molecule has 31 heavy (non-hydrogen) atoms. The van der Waals surface area contributed by atoms with Crippen LogP contribution in [0.4, 0.5) is 0 Å². The zero-order chi connectivity index (χ0) is 22.3. The van der Waals surface area contributed by atoms with Gasteiger partial charge in [-0.15, -0.1) is 0 Å². The summed E-state index contributed by atoms with van der Waals surface area (Å²) in [5, 5.41) is 12.2. The van der Waals surface area contributed by atoms with Crippen molar-refractivity contribution >= 4 is 11.6 Å². The van der Waals surface area contributed by atoms with Gasteiger partial charge in [-0.05, 0) is 51.2 Å². The van der Waals surface area contributed by atoms with Crippen molar-refractivity contribution in [2.24, 2.45) is 7.05 Å². The molecular formula is C23H33N7O. The highest BCUT2D eigenvalue weighted by molar-refractivity contribution is 5.96. The number of nitrogens with zero attached hydrogens (tertiary/aromatic N) is 6. The predicted octanol–water partition coefficient (Wildman–Crippen LogP) is 3.16. The minimum atomic E-state index is -0.0768. The number of hydrogen-bond donors (Lipinski definition) is 1. The van der Waals surface area contributed by atoms with Crippen molar-refractivity contribution in [1.82, 2.24) is 34.6 Å². The maximum absolute atomic E-state index is 13.3. The molecule has 3 aromatic heterocycles. The lowest BCUT2D eigenvalue weighted by atomic mass is 9.95. The Morgan fingerprint density at radius 2 is 1.90 bits per heavy atom.